The highest BCUT2D eigenvalue weighted by Crippen LogP contribution is 2.27. The van der Waals surface area contributed by atoms with Crippen molar-refractivity contribution in [3.63, 3.8) is 0 Å². The van der Waals surface area contributed by atoms with Crippen LogP contribution in [0.5, 0.6) is 0 Å². The molecule has 0 bridgehead atoms. The lowest BCUT2D eigenvalue weighted by Gasteiger charge is -2.00. The van der Waals surface area contributed by atoms with Gasteiger partial charge in [-0.3, -0.25) is 0 Å². The van der Waals surface area contributed by atoms with Crippen molar-refractivity contribution < 1.29 is 17.2 Å². The van der Waals surface area contributed by atoms with E-state index in [2.05, 4.69) is 4.98 Å². The van der Waals surface area contributed by atoms with Gasteiger partial charge in [0.25, 0.3) is 0 Å². The van der Waals surface area contributed by atoms with Crippen molar-refractivity contribution in [3.8, 4) is 11.3 Å². The fourth-order valence-electron chi connectivity index (χ4n) is 2.20. The smallest absolute Gasteiger partial charge is 0.175 e. The van der Waals surface area contributed by atoms with Crippen molar-refractivity contribution in [2.24, 2.45) is 0 Å². The maximum absolute atomic E-state index is 13.6. The Kier molecular flexibility index (Phi) is 3.06. The Morgan fingerprint density at radius 2 is 1.67 bits per heavy atom. The average Bonchev–Trinajstić information content (AvgIpc) is 2.82. The molecule has 0 atom stereocenters. The molecule has 0 amide bonds. The molecule has 0 saturated carbocycles. The van der Waals surface area contributed by atoms with Gasteiger partial charge in [-0.2, -0.15) is 0 Å². The monoisotopic (exact) mass is 307 g/mol. The van der Waals surface area contributed by atoms with E-state index in [1.54, 1.807) is 18.2 Å². The Labute approximate surface area is 120 Å². The molecule has 0 radical (unpaired) electrons. The normalized spacial score (nSPS) is 12.0. The van der Waals surface area contributed by atoms with E-state index in [4.69, 9.17) is 0 Å². The topological polar surface area (TPSA) is 49.9 Å². The van der Waals surface area contributed by atoms with E-state index in [9.17, 15) is 17.2 Å². The first-order valence-corrected chi connectivity index (χ1v) is 8.02. The molecule has 0 aliphatic heterocycles. The summed E-state index contributed by atoms with van der Waals surface area (Å²) >= 11 is 0. The molecular weight excluding hydrogens is 296 g/mol. The van der Waals surface area contributed by atoms with E-state index in [0.717, 1.165) is 12.3 Å². The molecule has 3 aromatic rings. The van der Waals surface area contributed by atoms with Gasteiger partial charge in [-0.05, 0) is 29.8 Å². The lowest BCUT2D eigenvalue weighted by molar-refractivity contribution is 0.591. The predicted octanol–water partition coefficient (Wildman–Crippen LogP) is 3.52. The van der Waals surface area contributed by atoms with Crippen LogP contribution >= 0.6 is 0 Å². The van der Waals surface area contributed by atoms with Gasteiger partial charge in [0, 0.05) is 23.4 Å². The van der Waals surface area contributed by atoms with Crippen LogP contribution in [0.15, 0.2) is 47.4 Å². The van der Waals surface area contributed by atoms with Gasteiger partial charge in [0.05, 0.1) is 10.4 Å². The highest BCUT2D eigenvalue weighted by molar-refractivity contribution is 7.90. The fraction of sp³-hybridized carbons (Fsp3) is 0.0667. The molecule has 2 aromatic carbocycles. The van der Waals surface area contributed by atoms with E-state index in [1.165, 1.54) is 18.2 Å². The molecule has 3 nitrogen and oxygen atoms in total. The van der Waals surface area contributed by atoms with E-state index >= 15 is 0 Å². The van der Waals surface area contributed by atoms with Crippen molar-refractivity contribution in [1.29, 1.82) is 0 Å². The summed E-state index contributed by atoms with van der Waals surface area (Å²) in [5.41, 5.74) is 1.51. The number of benzene rings is 2. The van der Waals surface area contributed by atoms with Crippen molar-refractivity contribution in [2.75, 3.05) is 6.26 Å². The lowest BCUT2D eigenvalue weighted by Crippen LogP contribution is -1.96. The predicted molar refractivity (Wildman–Crippen MR) is 76.8 cm³/mol. The Morgan fingerprint density at radius 3 is 2.29 bits per heavy atom. The van der Waals surface area contributed by atoms with Crippen molar-refractivity contribution in [3.05, 3.63) is 54.1 Å². The summed E-state index contributed by atoms with van der Waals surface area (Å²) in [5.74, 6) is -1.30. The standard InChI is InChI=1S/C15H11F2NO2S/c1-21(19,20)12-4-2-9(3-5-12)14-7-10-6-11(16)8-13(17)15(10)18-14/h2-8,18H,1H3. The van der Waals surface area contributed by atoms with Crippen molar-refractivity contribution in [1.82, 2.24) is 4.98 Å². The number of aromatic amines is 1. The van der Waals surface area contributed by atoms with Gasteiger partial charge in [-0.15, -0.1) is 0 Å². The molecule has 0 spiro atoms. The van der Waals surface area contributed by atoms with Crippen molar-refractivity contribution >= 4 is 20.7 Å². The summed E-state index contributed by atoms with van der Waals surface area (Å²) in [6.45, 7) is 0. The zero-order valence-electron chi connectivity index (χ0n) is 11.0. The van der Waals surface area contributed by atoms with Crippen LogP contribution in [0.4, 0.5) is 8.78 Å². The van der Waals surface area contributed by atoms with Crippen LogP contribution in [0.3, 0.4) is 0 Å². The second-order valence-electron chi connectivity index (χ2n) is 4.83. The summed E-state index contributed by atoms with van der Waals surface area (Å²) in [4.78, 5) is 3.08. The number of sulfone groups is 1. The fourth-order valence-corrected chi connectivity index (χ4v) is 2.83. The Balaban J connectivity index is 2.10. The Hall–Kier alpha value is -2.21. The second-order valence-corrected chi connectivity index (χ2v) is 6.85. The molecule has 6 heteroatoms. The van der Waals surface area contributed by atoms with E-state index < -0.39 is 21.5 Å². The quantitative estimate of drug-likeness (QED) is 0.787. The van der Waals surface area contributed by atoms with Crippen LogP contribution in [-0.4, -0.2) is 19.7 Å². The van der Waals surface area contributed by atoms with Gasteiger partial charge in [0.15, 0.2) is 9.84 Å². The number of halogens is 2. The molecule has 108 valence electrons. The molecular formula is C15H11F2NO2S. The zero-order valence-corrected chi connectivity index (χ0v) is 11.8. The molecule has 1 heterocycles. The third kappa shape index (κ3) is 2.54. The SMILES string of the molecule is CS(=O)(=O)c1ccc(-c2cc3cc(F)cc(F)c3[nH]2)cc1. The maximum Gasteiger partial charge on any atom is 0.175 e. The number of hydrogen-bond acceptors (Lipinski definition) is 2. The molecule has 3 rings (SSSR count). The summed E-state index contributed by atoms with van der Waals surface area (Å²) in [5, 5.41) is 0.426. The first kappa shape index (κ1) is 13.8. The third-order valence-corrected chi connectivity index (χ3v) is 4.37. The number of aromatic nitrogens is 1. The lowest BCUT2D eigenvalue weighted by atomic mass is 10.1. The molecule has 1 aromatic heterocycles. The minimum Gasteiger partial charge on any atom is -0.352 e. The highest BCUT2D eigenvalue weighted by Gasteiger charge is 2.11. The number of H-pyrrole nitrogens is 1. The maximum atomic E-state index is 13.6. The van der Waals surface area contributed by atoms with Gasteiger partial charge >= 0.3 is 0 Å². The molecule has 0 fully saturated rings. The minimum absolute atomic E-state index is 0.208. The van der Waals surface area contributed by atoms with Crippen LogP contribution in [0.1, 0.15) is 0 Å². The number of fused-ring (bicyclic) bond motifs is 1. The Bertz CT molecular complexity index is 928. The summed E-state index contributed by atoms with van der Waals surface area (Å²) in [6.07, 6.45) is 1.13. The third-order valence-electron chi connectivity index (χ3n) is 3.24. The van der Waals surface area contributed by atoms with Gasteiger partial charge in [0.2, 0.25) is 0 Å². The summed E-state index contributed by atoms with van der Waals surface area (Å²) in [7, 11) is -3.26. The molecule has 1 N–H and O–H groups in total. The van der Waals surface area contributed by atoms with Gasteiger partial charge in [0.1, 0.15) is 11.6 Å². The van der Waals surface area contributed by atoms with E-state index in [1.807, 2.05) is 0 Å². The first-order valence-electron chi connectivity index (χ1n) is 6.13. The van der Waals surface area contributed by atoms with Gasteiger partial charge in [-0.25, -0.2) is 17.2 Å². The first-order chi connectivity index (χ1) is 9.84. The number of hydrogen-bond donors (Lipinski definition) is 1. The molecule has 21 heavy (non-hydrogen) atoms. The number of nitrogens with one attached hydrogen (secondary N) is 1. The van der Waals surface area contributed by atoms with Gasteiger partial charge < -0.3 is 4.98 Å². The Morgan fingerprint density at radius 1 is 1.00 bits per heavy atom. The minimum atomic E-state index is -3.26. The van der Waals surface area contributed by atoms with E-state index in [-0.39, 0.29) is 10.4 Å². The van der Waals surface area contributed by atoms with Crippen LogP contribution < -0.4 is 0 Å². The molecule has 0 saturated heterocycles. The van der Waals surface area contributed by atoms with Crippen molar-refractivity contribution in [2.45, 2.75) is 4.90 Å². The number of rotatable bonds is 2. The van der Waals surface area contributed by atoms with Gasteiger partial charge in [-0.1, -0.05) is 12.1 Å². The van der Waals surface area contributed by atoms with Crippen LogP contribution in [0, 0.1) is 11.6 Å². The van der Waals surface area contributed by atoms with Crippen LogP contribution in [0.2, 0.25) is 0 Å². The zero-order chi connectivity index (χ0) is 15.2. The summed E-state index contributed by atoms with van der Waals surface area (Å²) < 4.78 is 49.6. The molecule has 0 aliphatic rings. The summed E-state index contributed by atoms with van der Waals surface area (Å²) in [6, 6.07) is 9.88. The molecule has 0 unspecified atom stereocenters. The second kappa shape index (κ2) is 4.66. The highest BCUT2D eigenvalue weighted by atomic mass is 32.2. The largest absolute Gasteiger partial charge is 0.352 e. The average molecular weight is 307 g/mol. The van der Waals surface area contributed by atoms with E-state index in [0.29, 0.717) is 16.6 Å². The van der Waals surface area contributed by atoms with Crippen LogP contribution in [0.25, 0.3) is 22.2 Å². The molecule has 0 aliphatic carbocycles. The van der Waals surface area contributed by atoms with Crippen LogP contribution in [-0.2, 0) is 9.84 Å².